The van der Waals surface area contributed by atoms with Crippen LogP contribution in [0.5, 0.6) is 0 Å². The van der Waals surface area contributed by atoms with Crippen LogP contribution >= 0.6 is 0 Å². The smallest absolute Gasteiger partial charge is 0.214 e. The Bertz CT molecular complexity index is 634. The van der Waals surface area contributed by atoms with Crippen LogP contribution in [-0.4, -0.2) is 31.2 Å². The summed E-state index contributed by atoms with van der Waals surface area (Å²) in [6, 6.07) is 9.82. The highest BCUT2D eigenvalue weighted by Gasteiger charge is 2.19. The van der Waals surface area contributed by atoms with Crippen molar-refractivity contribution in [3.05, 3.63) is 53.6 Å². The Morgan fingerprint density at radius 3 is 2.43 bits per heavy atom. The Morgan fingerprint density at radius 2 is 1.71 bits per heavy atom. The van der Waals surface area contributed by atoms with Crippen LogP contribution in [0.3, 0.4) is 0 Å². The maximum Gasteiger partial charge on any atom is 0.214 e. The summed E-state index contributed by atoms with van der Waals surface area (Å²) in [4.78, 5) is 8.24. The van der Waals surface area contributed by atoms with Crippen LogP contribution in [0.25, 0.3) is 0 Å². The first-order valence-electron chi connectivity index (χ1n) is 7.33. The van der Waals surface area contributed by atoms with Gasteiger partial charge in [0.15, 0.2) is 0 Å². The molecule has 21 heavy (non-hydrogen) atoms. The van der Waals surface area contributed by atoms with Crippen molar-refractivity contribution >= 4 is 11.4 Å². The zero-order chi connectivity index (χ0) is 14.8. The van der Waals surface area contributed by atoms with E-state index in [1.807, 2.05) is 6.07 Å². The number of halogens is 1. The molecule has 0 N–H and O–H groups in total. The quantitative estimate of drug-likeness (QED) is 0.790. The molecule has 2 aromatic rings. The molecule has 0 aliphatic carbocycles. The maximum atomic E-state index is 13.2. The van der Waals surface area contributed by atoms with Crippen molar-refractivity contribution in [2.24, 2.45) is 0 Å². The highest BCUT2D eigenvalue weighted by atomic mass is 19.1. The Balaban J connectivity index is 1.72. The molecule has 1 fully saturated rings. The molecule has 0 saturated carbocycles. The van der Waals surface area contributed by atoms with Gasteiger partial charge in [-0.05, 0) is 37.1 Å². The summed E-state index contributed by atoms with van der Waals surface area (Å²) in [7, 11) is 0. The number of aryl methyl sites for hydroxylation is 1. The topological polar surface area (TPSA) is 19.4 Å². The van der Waals surface area contributed by atoms with Crippen molar-refractivity contribution < 1.29 is 4.39 Å². The van der Waals surface area contributed by atoms with E-state index in [2.05, 4.69) is 46.8 Å². The van der Waals surface area contributed by atoms with Gasteiger partial charge in [0.25, 0.3) is 0 Å². The second-order valence-electron chi connectivity index (χ2n) is 5.53. The Hall–Kier alpha value is -2.10. The van der Waals surface area contributed by atoms with E-state index in [1.54, 1.807) is 0 Å². The summed E-state index contributed by atoms with van der Waals surface area (Å²) in [5.41, 5.74) is 4.91. The van der Waals surface area contributed by atoms with Gasteiger partial charge in [-0.3, -0.25) is 0 Å². The zero-order valence-electron chi connectivity index (χ0n) is 12.5. The van der Waals surface area contributed by atoms with Gasteiger partial charge in [0.05, 0.1) is 0 Å². The summed E-state index contributed by atoms with van der Waals surface area (Å²) < 4.78 is 13.2. The normalized spacial score (nSPS) is 15.4. The summed E-state index contributed by atoms with van der Waals surface area (Å²) in [6.45, 7) is 8.03. The molecule has 3 nitrogen and oxygen atoms in total. The van der Waals surface area contributed by atoms with E-state index in [0.29, 0.717) is 0 Å². The maximum absolute atomic E-state index is 13.2. The molecule has 2 heterocycles. The molecule has 1 aliphatic heterocycles. The summed E-state index contributed by atoms with van der Waals surface area (Å²) in [6.07, 6.45) is 1.53. The van der Waals surface area contributed by atoms with Crippen molar-refractivity contribution in [1.29, 1.82) is 0 Å². The standard InChI is InChI=1S/C17H20FN3/c1-13-4-3-5-16(14(13)2)21-10-8-20(9-11-21)15-6-7-19-17(18)12-15/h3-7,12H,8-11H2,1-2H3. The fourth-order valence-electron chi connectivity index (χ4n) is 2.87. The van der Waals surface area contributed by atoms with Crippen LogP contribution in [0.2, 0.25) is 0 Å². The fraction of sp³-hybridized carbons (Fsp3) is 0.353. The van der Waals surface area contributed by atoms with Gasteiger partial charge < -0.3 is 9.80 Å². The number of piperazine rings is 1. The van der Waals surface area contributed by atoms with Crippen LogP contribution in [0, 0.1) is 19.8 Å². The van der Waals surface area contributed by atoms with Crippen LogP contribution in [0.4, 0.5) is 15.8 Å². The highest BCUT2D eigenvalue weighted by Crippen LogP contribution is 2.25. The van der Waals surface area contributed by atoms with Gasteiger partial charge in [-0.15, -0.1) is 0 Å². The summed E-state index contributed by atoms with van der Waals surface area (Å²) in [5, 5.41) is 0. The van der Waals surface area contributed by atoms with E-state index in [4.69, 9.17) is 0 Å². The molecular formula is C17H20FN3. The Morgan fingerprint density at radius 1 is 1.00 bits per heavy atom. The number of benzene rings is 1. The minimum Gasteiger partial charge on any atom is -0.368 e. The monoisotopic (exact) mass is 285 g/mol. The van der Waals surface area contributed by atoms with E-state index >= 15 is 0 Å². The lowest BCUT2D eigenvalue weighted by molar-refractivity contribution is 0.580. The molecule has 0 atom stereocenters. The van der Waals surface area contributed by atoms with Gasteiger partial charge in [-0.2, -0.15) is 4.39 Å². The molecule has 4 heteroatoms. The highest BCUT2D eigenvalue weighted by molar-refractivity contribution is 5.57. The molecule has 0 radical (unpaired) electrons. The number of hydrogen-bond donors (Lipinski definition) is 0. The Kier molecular flexibility index (Phi) is 3.78. The first-order chi connectivity index (χ1) is 10.1. The minimum absolute atomic E-state index is 0.413. The Labute approximate surface area is 125 Å². The average molecular weight is 285 g/mol. The number of aromatic nitrogens is 1. The molecule has 1 aliphatic rings. The third-order valence-electron chi connectivity index (χ3n) is 4.27. The number of nitrogens with zero attached hydrogens (tertiary/aromatic N) is 3. The van der Waals surface area contributed by atoms with E-state index in [-0.39, 0.29) is 0 Å². The molecule has 1 saturated heterocycles. The third kappa shape index (κ3) is 2.84. The predicted molar refractivity (Wildman–Crippen MR) is 84.5 cm³/mol. The van der Waals surface area contributed by atoms with Gasteiger partial charge in [0, 0.05) is 49.8 Å². The molecule has 0 spiro atoms. The number of hydrogen-bond acceptors (Lipinski definition) is 3. The van der Waals surface area contributed by atoms with Crippen molar-refractivity contribution in [1.82, 2.24) is 4.98 Å². The molecule has 1 aromatic heterocycles. The van der Waals surface area contributed by atoms with Gasteiger partial charge >= 0.3 is 0 Å². The lowest BCUT2D eigenvalue weighted by Crippen LogP contribution is -2.46. The molecule has 0 amide bonds. The van der Waals surface area contributed by atoms with E-state index in [1.165, 1.54) is 29.1 Å². The average Bonchev–Trinajstić information content (AvgIpc) is 2.50. The molecule has 0 unspecified atom stereocenters. The molecular weight excluding hydrogens is 265 g/mol. The number of rotatable bonds is 2. The predicted octanol–water partition coefficient (Wildman–Crippen LogP) is 3.16. The lowest BCUT2D eigenvalue weighted by atomic mass is 10.1. The first kappa shape index (κ1) is 13.9. The number of anilines is 2. The lowest BCUT2D eigenvalue weighted by Gasteiger charge is -2.38. The fourth-order valence-corrected chi connectivity index (χ4v) is 2.87. The largest absolute Gasteiger partial charge is 0.368 e. The van der Waals surface area contributed by atoms with Crippen LogP contribution in [0.1, 0.15) is 11.1 Å². The van der Waals surface area contributed by atoms with Gasteiger partial charge in [0.2, 0.25) is 5.95 Å². The van der Waals surface area contributed by atoms with E-state index in [9.17, 15) is 4.39 Å². The SMILES string of the molecule is Cc1cccc(N2CCN(c3ccnc(F)c3)CC2)c1C. The van der Waals surface area contributed by atoms with Crippen LogP contribution < -0.4 is 9.80 Å². The van der Waals surface area contributed by atoms with Crippen molar-refractivity contribution in [3.8, 4) is 0 Å². The van der Waals surface area contributed by atoms with Crippen LogP contribution in [-0.2, 0) is 0 Å². The van der Waals surface area contributed by atoms with Crippen molar-refractivity contribution in [3.63, 3.8) is 0 Å². The second-order valence-corrected chi connectivity index (χ2v) is 5.53. The third-order valence-corrected chi connectivity index (χ3v) is 4.27. The molecule has 0 bridgehead atoms. The summed E-state index contributed by atoms with van der Waals surface area (Å²) >= 11 is 0. The zero-order valence-corrected chi connectivity index (χ0v) is 12.5. The van der Waals surface area contributed by atoms with Crippen LogP contribution in [0.15, 0.2) is 36.5 Å². The first-order valence-corrected chi connectivity index (χ1v) is 7.33. The van der Waals surface area contributed by atoms with Gasteiger partial charge in [0.1, 0.15) is 0 Å². The second kappa shape index (κ2) is 5.72. The molecule has 3 rings (SSSR count). The van der Waals surface area contributed by atoms with E-state index < -0.39 is 5.95 Å². The van der Waals surface area contributed by atoms with E-state index in [0.717, 1.165) is 31.9 Å². The van der Waals surface area contributed by atoms with Crippen molar-refractivity contribution in [2.45, 2.75) is 13.8 Å². The van der Waals surface area contributed by atoms with Gasteiger partial charge in [-0.1, -0.05) is 12.1 Å². The van der Waals surface area contributed by atoms with Crippen molar-refractivity contribution in [2.75, 3.05) is 36.0 Å². The molecule has 1 aromatic carbocycles. The summed E-state index contributed by atoms with van der Waals surface area (Å²) in [5.74, 6) is -0.413. The number of pyridine rings is 1. The minimum atomic E-state index is -0.413. The van der Waals surface area contributed by atoms with Gasteiger partial charge in [-0.25, -0.2) is 4.98 Å². The molecule has 110 valence electrons.